The zero-order valence-corrected chi connectivity index (χ0v) is 16.4. The number of nitrogens with zero attached hydrogens (tertiary/aromatic N) is 1. The number of amides is 2. The Morgan fingerprint density at radius 2 is 1.85 bits per heavy atom. The molecule has 0 saturated carbocycles. The van der Waals surface area contributed by atoms with Crippen molar-refractivity contribution in [3.05, 3.63) is 75.3 Å². The number of carbonyl (C=O) groups excluding carboxylic acids is 2. The maximum absolute atomic E-state index is 12.4. The standard InChI is InChI=1S/C19H16ClN3O2Se/c1-12-6-5-9-14(20)17(12)23-18(25)15-11-21-19(26-15)22-16(24)10-13-7-3-2-4-8-13/h2-9,11H,10H2,1H3,(H,23,25)(H,21,22,24). The fourth-order valence-electron chi connectivity index (χ4n) is 2.35. The summed E-state index contributed by atoms with van der Waals surface area (Å²) in [5.74, 6) is -0.397. The van der Waals surface area contributed by atoms with E-state index >= 15 is 0 Å². The number of aromatic nitrogens is 1. The second-order valence-corrected chi connectivity index (χ2v) is 8.20. The first-order valence-corrected chi connectivity index (χ1v) is 9.98. The number of hydrogen-bond acceptors (Lipinski definition) is 3. The zero-order valence-electron chi connectivity index (χ0n) is 14.0. The molecule has 0 aliphatic heterocycles. The van der Waals surface area contributed by atoms with E-state index in [4.69, 9.17) is 11.6 Å². The van der Waals surface area contributed by atoms with E-state index in [1.807, 2.05) is 49.4 Å². The summed E-state index contributed by atoms with van der Waals surface area (Å²) in [5, 5.41) is 6.09. The van der Waals surface area contributed by atoms with E-state index in [9.17, 15) is 9.59 Å². The van der Waals surface area contributed by atoms with Crippen molar-refractivity contribution in [2.45, 2.75) is 13.3 Å². The van der Waals surface area contributed by atoms with Crippen LogP contribution in [-0.2, 0) is 11.2 Å². The number of halogens is 1. The average Bonchev–Trinajstić information content (AvgIpc) is 3.07. The van der Waals surface area contributed by atoms with Crippen LogP contribution in [0.25, 0.3) is 0 Å². The SMILES string of the molecule is Cc1cccc(Cl)c1NC(=O)c1cnc(NC(=O)Cc2ccccc2)[se]1. The predicted octanol–water partition coefficient (Wildman–Crippen LogP) is 3.53. The quantitative estimate of drug-likeness (QED) is 0.606. The summed E-state index contributed by atoms with van der Waals surface area (Å²) in [7, 11) is 0. The molecule has 5 nitrogen and oxygen atoms in total. The monoisotopic (exact) mass is 433 g/mol. The Kier molecular flexibility index (Phi) is 5.89. The fraction of sp³-hybridized carbons (Fsp3) is 0.105. The van der Waals surface area contributed by atoms with Crippen LogP contribution in [0.4, 0.5) is 10.4 Å². The number of benzene rings is 2. The summed E-state index contributed by atoms with van der Waals surface area (Å²) in [6.07, 6.45) is 1.77. The van der Waals surface area contributed by atoms with Gasteiger partial charge in [0.25, 0.3) is 0 Å². The van der Waals surface area contributed by atoms with Gasteiger partial charge in [0, 0.05) is 0 Å². The molecule has 0 radical (unpaired) electrons. The van der Waals surface area contributed by atoms with Crippen LogP contribution in [-0.4, -0.2) is 31.3 Å². The number of nitrogens with one attached hydrogen (secondary N) is 2. The van der Waals surface area contributed by atoms with Gasteiger partial charge in [0.05, 0.1) is 0 Å². The van der Waals surface area contributed by atoms with Gasteiger partial charge in [-0.2, -0.15) is 0 Å². The molecule has 3 aromatic rings. The Labute approximate surface area is 162 Å². The van der Waals surface area contributed by atoms with Gasteiger partial charge < -0.3 is 0 Å². The summed E-state index contributed by atoms with van der Waals surface area (Å²) >= 11 is 5.78. The van der Waals surface area contributed by atoms with Crippen LogP contribution in [0.5, 0.6) is 0 Å². The van der Waals surface area contributed by atoms with Gasteiger partial charge in [-0.1, -0.05) is 0 Å². The van der Waals surface area contributed by atoms with Gasteiger partial charge in [-0.05, 0) is 0 Å². The van der Waals surface area contributed by atoms with Gasteiger partial charge in [0.2, 0.25) is 0 Å². The second kappa shape index (κ2) is 8.32. The first-order valence-electron chi connectivity index (χ1n) is 7.89. The molecule has 0 aliphatic rings. The molecule has 0 unspecified atom stereocenters. The van der Waals surface area contributed by atoms with Crippen LogP contribution < -0.4 is 10.6 Å². The normalized spacial score (nSPS) is 10.4. The Bertz CT molecular complexity index is 921. The van der Waals surface area contributed by atoms with Crippen molar-refractivity contribution in [3.8, 4) is 0 Å². The van der Waals surface area contributed by atoms with Gasteiger partial charge >= 0.3 is 162 Å². The Hall–Kier alpha value is -2.40. The first-order chi connectivity index (χ1) is 12.5. The summed E-state index contributed by atoms with van der Waals surface area (Å²) in [6.45, 7) is 1.88. The van der Waals surface area contributed by atoms with E-state index in [2.05, 4.69) is 15.6 Å². The Balaban J connectivity index is 1.64. The summed E-state index contributed by atoms with van der Waals surface area (Å²) in [5.41, 5.74) is 2.41. The second-order valence-electron chi connectivity index (χ2n) is 5.63. The number of aryl methyl sites for hydroxylation is 1. The molecule has 2 amide bonds. The van der Waals surface area contributed by atoms with Gasteiger partial charge in [-0.15, -0.1) is 0 Å². The number of anilines is 2. The van der Waals surface area contributed by atoms with E-state index in [-0.39, 0.29) is 32.7 Å². The third-order valence-electron chi connectivity index (χ3n) is 3.64. The molecule has 0 saturated heterocycles. The molecule has 7 heteroatoms. The van der Waals surface area contributed by atoms with Crippen molar-refractivity contribution < 1.29 is 9.59 Å². The molecule has 0 spiro atoms. The Morgan fingerprint density at radius 3 is 2.58 bits per heavy atom. The molecule has 132 valence electrons. The van der Waals surface area contributed by atoms with Crippen molar-refractivity contribution in [3.63, 3.8) is 0 Å². The van der Waals surface area contributed by atoms with E-state index in [0.29, 0.717) is 19.8 Å². The maximum atomic E-state index is 12.4. The predicted molar refractivity (Wildman–Crippen MR) is 104 cm³/mol. The van der Waals surface area contributed by atoms with Crippen molar-refractivity contribution in [1.82, 2.24) is 4.98 Å². The van der Waals surface area contributed by atoms with Crippen molar-refractivity contribution in [1.29, 1.82) is 0 Å². The van der Waals surface area contributed by atoms with E-state index in [1.165, 1.54) is 6.20 Å². The minimum absolute atomic E-state index is 0.145. The van der Waals surface area contributed by atoms with E-state index in [1.54, 1.807) is 6.07 Å². The molecule has 3 rings (SSSR count). The summed E-state index contributed by atoms with van der Waals surface area (Å²) in [4.78, 5) is 28.7. The molecule has 0 fully saturated rings. The molecule has 0 atom stereocenters. The third kappa shape index (κ3) is 4.61. The zero-order chi connectivity index (χ0) is 18.5. The molecular weight excluding hydrogens is 417 g/mol. The number of carbonyl (C=O) groups is 2. The van der Waals surface area contributed by atoms with Gasteiger partial charge in [0.15, 0.2) is 0 Å². The summed E-state index contributed by atoms with van der Waals surface area (Å²) in [6, 6.07) is 14.9. The van der Waals surface area contributed by atoms with Gasteiger partial charge in [0.1, 0.15) is 0 Å². The third-order valence-corrected chi connectivity index (χ3v) is 5.87. The van der Waals surface area contributed by atoms with Crippen LogP contribution in [0.2, 0.25) is 5.02 Å². The van der Waals surface area contributed by atoms with Gasteiger partial charge in [-0.3, -0.25) is 0 Å². The van der Waals surface area contributed by atoms with E-state index in [0.717, 1.165) is 11.1 Å². The molecular formula is C19H16ClN3O2Se. The van der Waals surface area contributed by atoms with Gasteiger partial charge in [-0.25, -0.2) is 0 Å². The molecule has 2 aromatic carbocycles. The Morgan fingerprint density at radius 1 is 1.08 bits per heavy atom. The number of para-hydroxylation sites is 1. The van der Waals surface area contributed by atoms with Crippen LogP contribution in [0.3, 0.4) is 0 Å². The molecule has 2 N–H and O–H groups in total. The molecule has 1 heterocycles. The van der Waals surface area contributed by atoms with Crippen LogP contribution in [0, 0.1) is 6.92 Å². The first kappa shape index (κ1) is 18.4. The molecule has 1 aromatic heterocycles. The van der Waals surface area contributed by atoms with E-state index < -0.39 is 0 Å². The fourth-order valence-corrected chi connectivity index (χ4v) is 4.14. The number of hydrogen-bond donors (Lipinski definition) is 2. The molecule has 0 aliphatic carbocycles. The molecule has 0 bridgehead atoms. The van der Waals surface area contributed by atoms with Crippen molar-refractivity contribution in [2.24, 2.45) is 0 Å². The summed E-state index contributed by atoms with van der Waals surface area (Å²) < 4.78 is 1.06. The molecule has 26 heavy (non-hydrogen) atoms. The number of rotatable bonds is 5. The van der Waals surface area contributed by atoms with Crippen LogP contribution in [0.1, 0.15) is 20.4 Å². The topological polar surface area (TPSA) is 71.1 Å². The van der Waals surface area contributed by atoms with Crippen LogP contribution in [0.15, 0.2) is 54.7 Å². The van der Waals surface area contributed by atoms with Crippen molar-refractivity contribution in [2.75, 3.05) is 10.6 Å². The average molecular weight is 433 g/mol. The van der Waals surface area contributed by atoms with Crippen LogP contribution >= 0.6 is 11.6 Å². The van der Waals surface area contributed by atoms with Crippen molar-refractivity contribution >= 4 is 48.3 Å². The minimum atomic E-state index is -0.356.